The molecule has 0 fully saturated rings. The number of nitrogens with two attached hydrogens (primary N) is 1. The summed E-state index contributed by atoms with van der Waals surface area (Å²) in [5.41, 5.74) is 20.5. The summed E-state index contributed by atoms with van der Waals surface area (Å²) in [7, 11) is 0. The number of nitrogen functional groups attached to an aromatic ring is 1. The normalized spacial score (nSPS) is 13.1. The van der Waals surface area contributed by atoms with Gasteiger partial charge in [-0.1, -0.05) is 123 Å². The average molecular weight is 698 g/mol. The van der Waals surface area contributed by atoms with Gasteiger partial charge < -0.3 is 15.2 Å². The molecule has 0 spiro atoms. The summed E-state index contributed by atoms with van der Waals surface area (Å²) in [4.78, 5) is 10.2. The van der Waals surface area contributed by atoms with Crippen molar-refractivity contribution in [3.8, 4) is 90.3 Å². The van der Waals surface area contributed by atoms with Crippen LogP contribution in [0.2, 0.25) is 0 Å². The van der Waals surface area contributed by atoms with Crippen molar-refractivity contribution in [2.75, 3.05) is 5.73 Å². The molecule has 0 amide bonds. The molecule has 2 N–H and O–H groups in total. The summed E-state index contributed by atoms with van der Waals surface area (Å²) in [5.74, 6) is 3.50. The average Bonchev–Trinajstić information content (AvgIpc) is 3.44. The highest BCUT2D eigenvalue weighted by molar-refractivity contribution is 5.84. The molecule has 54 heavy (non-hydrogen) atoms. The van der Waals surface area contributed by atoms with Crippen molar-refractivity contribution in [1.29, 1.82) is 0 Å². The van der Waals surface area contributed by atoms with Gasteiger partial charge in [0.2, 0.25) is 0 Å². The van der Waals surface area contributed by atoms with Crippen LogP contribution in [0.15, 0.2) is 164 Å². The van der Waals surface area contributed by atoms with Crippen LogP contribution in [-0.2, 0) is 5.41 Å². The molecule has 2 heterocycles. The fraction of sp³-hybridized carbons (Fsp3) is 0.0612. The van der Waals surface area contributed by atoms with Gasteiger partial charge in [-0.3, -0.25) is 0 Å². The molecular formula is C49H35N3O2. The van der Waals surface area contributed by atoms with E-state index in [0.29, 0.717) is 17.3 Å². The van der Waals surface area contributed by atoms with Gasteiger partial charge in [0.15, 0.2) is 28.8 Å². The maximum atomic E-state index is 6.59. The first-order valence-corrected chi connectivity index (χ1v) is 18.2. The quantitative estimate of drug-likeness (QED) is 0.181. The van der Waals surface area contributed by atoms with Crippen molar-refractivity contribution in [1.82, 2.24) is 9.97 Å². The van der Waals surface area contributed by atoms with Crippen LogP contribution >= 0.6 is 0 Å². The molecular weight excluding hydrogens is 663 g/mol. The van der Waals surface area contributed by atoms with Gasteiger partial charge >= 0.3 is 0 Å². The van der Waals surface area contributed by atoms with E-state index >= 15 is 0 Å². The van der Waals surface area contributed by atoms with Crippen LogP contribution in [0, 0.1) is 0 Å². The summed E-state index contributed by atoms with van der Waals surface area (Å²) < 4.78 is 13.1. The number of hydrogen-bond acceptors (Lipinski definition) is 5. The molecule has 8 aromatic rings. The Hall–Kier alpha value is -6.98. The van der Waals surface area contributed by atoms with E-state index in [-0.39, 0.29) is 5.41 Å². The van der Waals surface area contributed by atoms with Crippen LogP contribution in [0.5, 0.6) is 23.0 Å². The zero-order valence-electron chi connectivity index (χ0n) is 29.9. The number of fused-ring (bicyclic) bond motifs is 5. The maximum absolute atomic E-state index is 6.59. The Labute approximate surface area is 314 Å². The Balaban J connectivity index is 1.01. The molecule has 0 saturated carbocycles. The highest BCUT2D eigenvalue weighted by Crippen LogP contribution is 2.55. The molecule has 0 bridgehead atoms. The number of ether oxygens (including phenoxy) is 2. The van der Waals surface area contributed by atoms with E-state index in [2.05, 4.69) is 129 Å². The van der Waals surface area contributed by atoms with Crippen LogP contribution in [0.25, 0.3) is 67.3 Å². The van der Waals surface area contributed by atoms with Crippen molar-refractivity contribution in [3.05, 3.63) is 175 Å². The van der Waals surface area contributed by atoms with E-state index in [0.717, 1.165) is 67.5 Å². The van der Waals surface area contributed by atoms with Gasteiger partial charge in [0, 0.05) is 27.8 Å². The van der Waals surface area contributed by atoms with Crippen molar-refractivity contribution in [3.63, 3.8) is 0 Å². The third kappa shape index (κ3) is 5.41. The van der Waals surface area contributed by atoms with Crippen LogP contribution in [-0.4, -0.2) is 9.97 Å². The number of anilines is 1. The van der Waals surface area contributed by atoms with Gasteiger partial charge in [-0.25, -0.2) is 9.97 Å². The minimum atomic E-state index is -0.118. The second kappa shape index (κ2) is 12.3. The van der Waals surface area contributed by atoms with Gasteiger partial charge in [0.25, 0.3) is 0 Å². The molecule has 0 saturated heterocycles. The third-order valence-electron chi connectivity index (χ3n) is 10.7. The van der Waals surface area contributed by atoms with Crippen LogP contribution in [0.3, 0.4) is 0 Å². The molecule has 5 nitrogen and oxygen atoms in total. The van der Waals surface area contributed by atoms with Crippen molar-refractivity contribution in [2.45, 2.75) is 19.3 Å². The van der Waals surface area contributed by atoms with Gasteiger partial charge in [-0.2, -0.15) is 0 Å². The predicted molar refractivity (Wildman–Crippen MR) is 218 cm³/mol. The summed E-state index contributed by atoms with van der Waals surface area (Å²) in [6, 6.07) is 56.1. The van der Waals surface area contributed by atoms with Crippen molar-refractivity contribution < 1.29 is 9.47 Å². The van der Waals surface area contributed by atoms with Crippen molar-refractivity contribution >= 4 is 5.69 Å². The van der Waals surface area contributed by atoms with E-state index in [4.69, 9.17) is 25.2 Å². The van der Waals surface area contributed by atoms with E-state index in [9.17, 15) is 0 Å². The molecule has 1 aliphatic heterocycles. The standard InChI is InChI=1S/C49H35N3O2/c1-49(2)40-20-7-6-19-38(40)39-27-46-47(28-41(39)49)53-44-22-21-34(26-45(44)54-46)31-13-8-16-35(23-31)43-29-42(30-11-4-3-5-12-30)51-48(52-43)36-17-9-14-32(24-36)33-15-10-18-37(50)25-33/h3-29H,50H2,1-2H3. The lowest BCUT2D eigenvalue weighted by Gasteiger charge is -2.25. The van der Waals surface area contributed by atoms with E-state index in [1.54, 1.807) is 0 Å². The molecule has 1 aromatic heterocycles. The lowest BCUT2D eigenvalue weighted by atomic mass is 9.82. The zero-order chi connectivity index (χ0) is 36.4. The Morgan fingerprint density at radius 2 is 0.981 bits per heavy atom. The number of benzene rings is 7. The Morgan fingerprint density at radius 3 is 1.78 bits per heavy atom. The second-order valence-electron chi connectivity index (χ2n) is 14.5. The van der Waals surface area contributed by atoms with Gasteiger partial charge in [-0.05, 0) is 99.1 Å². The van der Waals surface area contributed by atoms with Gasteiger partial charge in [0.05, 0.1) is 11.4 Å². The number of nitrogens with zero attached hydrogens (tertiary/aromatic N) is 2. The first-order chi connectivity index (χ1) is 26.4. The van der Waals surface area contributed by atoms with Crippen LogP contribution in [0.4, 0.5) is 5.69 Å². The molecule has 7 aromatic carbocycles. The summed E-state index contributed by atoms with van der Waals surface area (Å²) in [6.07, 6.45) is 0. The molecule has 258 valence electrons. The van der Waals surface area contributed by atoms with Gasteiger partial charge in [-0.15, -0.1) is 0 Å². The fourth-order valence-electron chi connectivity index (χ4n) is 7.85. The first kappa shape index (κ1) is 31.7. The Bertz CT molecular complexity index is 2770. The summed E-state index contributed by atoms with van der Waals surface area (Å²) in [5, 5.41) is 0. The highest BCUT2D eigenvalue weighted by atomic mass is 16.6. The maximum Gasteiger partial charge on any atom is 0.170 e. The van der Waals surface area contributed by atoms with E-state index in [1.807, 2.05) is 48.5 Å². The third-order valence-corrected chi connectivity index (χ3v) is 10.7. The fourth-order valence-corrected chi connectivity index (χ4v) is 7.85. The summed E-state index contributed by atoms with van der Waals surface area (Å²) in [6.45, 7) is 4.54. The minimum absolute atomic E-state index is 0.118. The predicted octanol–water partition coefficient (Wildman–Crippen LogP) is 12.6. The number of aromatic nitrogens is 2. The first-order valence-electron chi connectivity index (χ1n) is 18.2. The molecule has 0 radical (unpaired) electrons. The molecule has 0 atom stereocenters. The number of hydrogen-bond donors (Lipinski definition) is 1. The number of rotatable bonds is 5. The Morgan fingerprint density at radius 1 is 0.407 bits per heavy atom. The second-order valence-corrected chi connectivity index (χ2v) is 14.5. The molecule has 1 aliphatic carbocycles. The zero-order valence-corrected chi connectivity index (χ0v) is 29.9. The lowest BCUT2D eigenvalue weighted by Crippen LogP contribution is -2.15. The van der Waals surface area contributed by atoms with Gasteiger partial charge in [0.1, 0.15) is 0 Å². The highest BCUT2D eigenvalue weighted by Gasteiger charge is 2.37. The smallest absolute Gasteiger partial charge is 0.170 e. The summed E-state index contributed by atoms with van der Waals surface area (Å²) >= 11 is 0. The molecule has 0 unspecified atom stereocenters. The monoisotopic (exact) mass is 697 g/mol. The largest absolute Gasteiger partial charge is 0.450 e. The lowest BCUT2D eigenvalue weighted by molar-refractivity contribution is 0.359. The van der Waals surface area contributed by atoms with E-state index < -0.39 is 0 Å². The van der Waals surface area contributed by atoms with Crippen molar-refractivity contribution in [2.24, 2.45) is 0 Å². The molecule has 2 aliphatic rings. The molecule has 10 rings (SSSR count). The molecule has 5 heteroatoms. The van der Waals surface area contributed by atoms with Crippen LogP contribution in [0.1, 0.15) is 25.0 Å². The topological polar surface area (TPSA) is 70.3 Å². The minimum Gasteiger partial charge on any atom is -0.450 e. The SMILES string of the molecule is CC1(C)c2ccccc2-c2cc3c(cc21)Oc1ccc(-c2cccc(-c4cc(-c5ccccc5)nc(-c5cccc(-c6cccc(N)c6)c5)n4)c2)cc1O3. The van der Waals surface area contributed by atoms with Crippen LogP contribution < -0.4 is 15.2 Å². The Kier molecular flexibility index (Phi) is 7.24. The van der Waals surface area contributed by atoms with E-state index in [1.165, 1.54) is 22.3 Å².